The van der Waals surface area contributed by atoms with Gasteiger partial charge in [-0.2, -0.15) is 0 Å². The Hall–Kier alpha value is -1.10. The molecule has 2 N–H and O–H groups in total. The van der Waals surface area contributed by atoms with Gasteiger partial charge in [-0.3, -0.25) is 4.79 Å². The van der Waals surface area contributed by atoms with Gasteiger partial charge >= 0.3 is 5.97 Å². The molecule has 0 radical (unpaired) electrons. The highest BCUT2D eigenvalue weighted by Gasteiger charge is 2.06. The molecular formula is C8H12N2O2S. The summed E-state index contributed by atoms with van der Waals surface area (Å²) < 4.78 is 0. The van der Waals surface area contributed by atoms with Gasteiger partial charge in [-0.25, -0.2) is 4.98 Å². The Labute approximate surface area is 80.6 Å². The van der Waals surface area contributed by atoms with Crippen LogP contribution in [-0.2, 0) is 11.2 Å². The van der Waals surface area contributed by atoms with Gasteiger partial charge in [0.2, 0.25) is 0 Å². The maximum absolute atomic E-state index is 10.3. The van der Waals surface area contributed by atoms with Crippen molar-refractivity contribution in [2.45, 2.75) is 26.3 Å². The average Bonchev–Trinajstić information content (AvgIpc) is 2.33. The fourth-order valence-corrected chi connectivity index (χ4v) is 1.71. The summed E-state index contributed by atoms with van der Waals surface area (Å²) in [4.78, 5) is 14.5. The second-order valence-corrected chi connectivity index (χ2v) is 3.87. The summed E-state index contributed by atoms with van der Waals surface area (Å²) in [5.74, 6) is -0.846. The Balaban J connectivity index is 2.58. The molecule has 0 saturated carbocycles. The van der Waals surface area contributed by atoms with Crippen LogP contribution in [0.5, 0.6) is 0 Å². The molecule has 0 bridgehead atoms. The lowest BCUT2D eigenvalue weighted by Gasteiger charge is -2.04. The molecule has 0 aromatic carbocycles. The van der Waals surface area contributed by atoms with Crippen molar-refractivity contribution in [1.82, 2.24) is 4.98 Å². The molecule has 0 aliphatic rings. The lowest BCUT2D eigenvalue weighted by molar-refractivity contribution is -0.136. The van der Waals surface area contributed by atoms with Crippen LogP contribution >= 0.6 is 11.3 Å². The SMILES string of the molecule is CC(C)Nc1nc(CC(=O)O)cs1. The fourth-order valence-electron chi connectivity index (χ4n) is 0.856. The van der Waals surface area contributed by atoms with Crippen LogP contribution in [0.1, 0.15) is 19.5 Å². The van der Waals surface area contributed by atoms with Crippen LogP contribution in [0.25, 0.3) is 0 Å². The van der Waals surface area contributed by atoms with Gasteiger partial charge in [-0.05, 0) is 13.8 Å². The zero-order valence-corrected chi connectivity index (χ0v) is 8.39. The van der Waals surface area contributed by atoms with Crippen LogP contribution in [0.3, 0.4) is 0 Å². The van der Waals surface area contributed by atoms with Crippen LogP contribution in [0.2, 0.25) is 0 Å². The number of carboxylic acids is 1. The highest BCUT2D eigenvalue weighted by molar-refractivity contribution is 7.13. The Morgan fingerprint density at radius 3 is 3.00 bits per heavy atom. The molecule has 1 aromatic heterocycles. The Bertz CT molecular complexity index is 296. The summed E-state index contributed by atoms with van der Waals surface area (Å²) in [5, 5.41) is 14.2. The lowest BCUT2D eigenvalue weighted by Crippen LogP contribution is -2.09. The first-order valence-electron chi connectivity index (χ1n) is 4.00. The fraction of sp³-hybridized carbons (Fsp3) is 0.500. The third kappa shape index (κ3) is 3.42. The summed E-state index contributed by atoms with van der Waals surface area (Å²) in [6, 6.07) is 0.323. The molecule has 1 heterocycles. The minimum absolute atomic E-state index is 0.00370. The largest absolute Gasteiger partial charge is 0.481 e. The number of aromatic nitrogens is 1. The minimum Gasteiger partial charge on any atom is -0.481 e. The molecule has 1 aromatic rings. The Morgan fingerprint density at radius 2 is 2.46 bits per heavy atom. The zero-order chi connectivity index (χ0) is 9.84. The summed E-state index contributed by atoms with van der Waals surface area (Å²) in [6.07, 6.45) is -0.00370. The van der Waals surface area contributed by atoms with E-state index < -0.39 is 5.97 Å². The summed E-state index contributed by atoms with van der Waals surface area (Å²) in [7, 11) is 0. The minimum atomic E-state index is -0.846. The van der Waals surface area contributed by atoms with Crippen molar-refractivity contribution in [3.05, 3.63) is 11.1 Å². The van der Waals surface area contributed by atoms with Crippen molar-refractivity contribution in [1.29, 1.82) is 0 Å². The number of hydrogen-bond donors (Lipinski definition) is 2. The molecule has 0 atom stereocenters. The van der Waals surface area contributed by atoms with Crippen LogP contribution < -0.4 is 5.32 Å². The lowest BCUT2D eigenvalue weighted by atomic mass is 10.3. The smallest absolute Gasteiger partial charge is 0.309 e. The van der Waals surface area contributed by atoms with Crippen molar-refractivity contribution in [2.24, 2.45) is 0 Å². The van der Waals surface area contributed by atoms with Gasteiger partial charge in [0, 0.05) is 11.4 Å². The van der Waals surface area contributed by atoms with E-state index in [1.54, 1.807) is 5.38 Å². The van der Waals surface area contributed by atoms with Crippen molar-refractivity contribution in [3.8, 4) is 0 Å². The molecule has 0 unspecified atom stereocenters. The van der Waals surface area contributed by atoms with Gasteiger partial charge in [0.25, 0.3) is 0 Å². The normalized spacial score (nSPS) is 10.4. The maximum Gasteiger partial charge on any atom is 0.309 e. The quantitative estimate of drug-likeness (QED) is 0.774. The van der Waals surface area contributed by atoms with Gasteiger partial charge in [0.15, 0.2) is 5.13 Å². The van der Waals surface area contributed by atoms with Crippen LogP contribution in [-0.4, -0.2) is 22.1 Å². The van der Waals surface area contributed by atoms with E-state index in [9.17, 15) is 4.79 Å². The molecule has 4 nitrogen and oxygen atoms in total. The first-order valence-corrected chi connectivity index (χ1v) is 4.88. The van der Waals surface area contributed by atoms with E-state index in [4.69, 9.17) is 5.11 Å². The summed E-state index contributed by atoms with van der Waals surface area (Å²) in [6.45, 7) is 4.02. The van der Waals surface area contributed by atoms with Crippen molar-refractivity contribution >= 4 is 22.4 Å². The van der Waals surface area contributed by atoms with E-state index in [1.165, 1.54) is 11.3 Å². The molecular weight excluding hydrogens is 188 g/mol. The molecule has 0 aliphatic heterocycles. The van der Waals surface area contributed by atoms with Crippen molar-refractivity contribution in [3.63, 3.8) is 0 Å². The molecule has 13 heavy (non-hydrogen) atoms. The molecule has 0 saturated heterocycles. The number of nitrogens with zero attached hydrogens (tertiary/aromatic N) is 1. The number of carboxylic acid groups (broad SMARTS) is 1. The van der Waals surface area contributed by atoms with Gasteiger partial charge in [0.1, 0.15) is 0 Å². The molecule has 72 valence electrons. The van der Waals surface area contributed by atoms with Gasteiger partial charge in [-0.1, -0.05) is 0 Å². The first kappa shape index (κ1) is 9.98. The van der Waals surface area contributed by atoms with Crippen LogP contribution in [0.15, 0.2) is 5.38 Å². The van der Waals surface area contributed by atoms with Gasteiger partial charge < -0.3 is 10.4 Å². The predicted molar refractivity (Wildman–Crippen MR) is 52.2 cm³/mol. The third-order valence-electron chi connectivity index (χ3n) is 1.30. The highest BCUT2D eigenvalue weighted by Crippen LogP contribution is 2.16. The van der Waals surface area contributed by atoms with E-state index in [0.717, 1.165) is 5.13 Å². The van der Waals surface area contributed by atoms with E-state index in [2.05, 4.69) is 10.3 Å². The molecule has 1 rings (SSSR count). The topological polar surface area (TPSA) is 62.2 Å². The number of aliphatic carboxylic acids is 1. The molecule has 5 heteroatoms. The van der Waals surface area contributed by atoms with E-state index >= 15 is 0 Å². The summed E-state index contributed by atoms with van der Waals surface area (Å²) >= 11 is 1.43. The third-order valence-corrected chi connectivity index (χ3v) is 2.12. The zero-order valence-electron chi connectivity index (χ0n) is 7.57. The number of nitrogens with one attached hydrogen (secondary N) is 1. The standard InChI is InChI=1S/C8H12N2O2S/c1-5(2)9-8-10-6(4-13-8)3-7(11)12/h4-5H,3H2,1-2H3,(H,9,10)(H,11,12). The second kappa shape index (κ2) is 4.23. The molecule has 0 spiro atoms. The van der Waals surface area contributed by atoms with Crippen molar-refractivity contribution < 1.29 is 9.90 Å². The van der Waals surface area contributed by atoms with Crippen LogP contribution in [0, 0.1) is 0 Å². The second-order valence-electron chi connectivity index (χ2n) is 3.01. The highest BCUT2D eigenvalue weighted by atomic mass is 32.1. The Morgan fingerprint density at radius 1 is 1.77 bits per heavy atom. The molecule has 0 aliphatic carbocycles. The van der Waals surface area contributed by atoms with Crippen LogP contribution in [0.4, 0.5) is 5.13 Å². The maximum atomic E-state index is 10.3. The number of thiazole rings is 1. The molecule has 0 amide bonds. The Kier molecular flexibility index (Phi) is 3.25. The summed E-state index contributed by atoms with van der Waals surface area (Å²) in [5.41, 5.74) is 0.612. The van der Waals surface area contributed by atoms with Gasteiger partial charge in [0.05, 0.1) is 12.1 Å². The van der Waals surface area contributed by atoms with Crippen molar-refractivity contribution in [2.75, 3.05) is 5.32 Å². The number of rotatable bonds is 4. The monoisotopic (exact) mass is 200 g/mol. The van der Waals surface area contributed by atoms with Gasteiger partial charge in [-0.15, -0.1) is 11.3 Å². The number of hydrogen-bond acceptors (Lipinski definition) is 4. The molecule has 0 fully saturated rings. The number of anilines is 1. The van der Waals surface area contributed by atoms with E-state index in [-0.39, 0.29) is 6.42 Å². The van der Waals surface area contributed by atoms with E-state index in [0.29, 0.717) is 11.7 Å². The first-order chi connectivity index (χ1) is 6.08. The predicted octanol–water partition coefficient (Wildman–Crippen LogP) is 1.59. The van der Waals surface area contributed by atoms with E-state index in [1.807, 2.05) is 13.8 Å². The number of carbonyl (C=O) groups is 1. The average molecular weight is 200 g/mol.